The van der Waals surface area contributed by atoms with Gasteiger partial charge < -0.3 is 24.6 Å². The van der Waals surface area contributed by atoms with Crippen LogP contribution in [0.3, 0.4) is 0 Å². The van der Waals surface area contributed by atoms with Gasteiger partial charge in [0.25, 0.3) is 11.8 Å². The highest BCUT2D eigenvalue weighted by atomic mass is 16.5. The fourth-order valence-corrected chi connectivity index (χ4v) is 4.88. The first-order valence-corrected chi connectivity index (χ1v) is 12.8. The Bertz CT molecular complexity index is 1060. The monoisotopic (exact) mass is 493 g/mol. The van der Waals surface area contributed by atoms with E-state index in [1.165, 1.54) is 0 Å². The van der Waals surface area contributed by atoms with Gasteiger partial charge in [0.2, 0.25) is 5.91 Å². The summed E-state index contributed by atoms with van der Waals surface area (Å²) < 4.78 is 12.2. The Morgan fingerprint density at radius 3 is 2.58 bits per heavy atom. The van der Waals surface area contributed by atoms with E-state index in [9.17, 15) is 14.4 Å². The second kappa shape index (κ2) is 12.0. The number of hydrogen-bond donors (Lipinski definition) is 1. The van der Waals surface area contributed by atoms with Gasteiger partial charge in [0.05, 0.1) is 26.2 Å². The number of nitrogens with zero attached hydrogens (tertiary/aromatic N) is 2. The van der Waals surface area contributed by atoms with Crippen molar-refractivity contribution >= 4 is 17.7 Å². The summed E-state index contributed by atoms with van der Waals surface area (Å²) >= 11 is 0. The maximum absolute atomic E-state index is 13.8. The molecule has 1 spiro atoms. The van der Waals surface area contributed by atoms with Crippen LogP contribution in [0, 0.1) is 0 Å². The molecule has 1 saturated heterocycles. The summed E-state index contributed by atoms with van der Waals surface area (Å²) in [5.41, 5.74) is 0.573. The van der Waals surface area contributed by atoms with Crippen LogP contribution in [-0.4, -0.2) is 79.1 Å². The number of nitrogens with one attached hydrogen (secondary N) is 1. The number of carbonyl (C=O) groups is 3. The zero-order chi connectivity index (χ0) is 25.4. The number of fused-ring (bicyclic) bond motifs is 1. The molecule has 0 saturated carbocycles. The number of ether oxygens (including phenoxy) is 2. The molecule has 1 atom stereocenters. The second-order valence-electron chi connectivity index (χ2n) is 9.25. The van der Waals surface area contributed by atoms with E-state index in [4.69, 9.17) is 9.47 Å². The number of aryl methyl sites for hydroxylation is 1. The van der Waals surface area contributed by atoms with Gasteiger partial charge in [-0.25, -0.2) is 0 Å². The molecule has 0 aliphatic carbocycles. The number of benzene rings is 2. The largest absolute Gasteiger partial charge is 0.491 e. The number of likely N-dealkylation sites (N-methyl/N-ethyl adjacent to an activating group) is 1. The lowest BCUT2D eigenvalue weighted by Crippen LogP contribution is -2.62. The van der Waals surface area contributed by atoms with Crippen LogP contribution in [0.1, 0.15) is 42.1 Å². The quantitative estimate of drug-likeness (QED) is 0.708. The first-order valence-electron chi connectivity index (χ1n) is 12.8. The molecule has 4 rings (SSSR count). The third-order valence-corrected chi connectivity index (χ3v) is 6.90. The van der Waals surface area contributed by atoms with Crippen LogP contribution in [0.15, 0.2) is 54.6 Å². The smallest absolute Gasteiger partial charge is 0.256 e. The van der Waals surface area contributed by atoms with E-state index in [0.717, 1.165) is 30.6 Å². The van der Waals surface area contributed by atoms with Gasteiger partial charge in [-0.1, -0.05) is 36.4 Å². The molecule has 8 nitrogen and oxygen atoms in total. The number of carbonyl (C=O) groups excluding carboxylic acids is 3. The molecular weight excluding hydrogens is 458 g/mol. The van der Waals surface area contributed by atoms with Gasteiger partial charge >= 0.3 is 0 Å². The van der Waals surface area contributed by atoms with Gasteiger partial charge in [0.1, 0.15) is 12.4 Å². The van der Waals surface area contributed by atoms with E-state index in [1.54, 1.807) is 34.1 Å². The highest BCUT2D eigenvalue weighted by Gasteiger charge is 2.46. The SMILES string of the molecule is CCN1CCOc2ccccc2CCCCC2(CN(C(=O)CNC(=O)c3ccccc3)CCO2)C1=O. The topological polar surface area (TPSA) is 88.2 Å². The van der Waals surface area contributed by atoms with Crippen LogP contribution in [0.5, 0.6) is 5.75 Å². The van der Waals surface area contributed by atoms with Gasteiger partial charge in [0, 0.05) is 18.7 Å². The predicted octanol–water partition coefficient (Wildman–Crippen LogP) is 2.67. The maximum Gasteiger partial charge on any atom is 0.256 e. The molecule has 2 aromatic carbocycles. The van der Waals surface area contributed by atoms with Gasteiger partial charge in [-0.3, -0.25) is 14.4 Å². The zero-order valence-corrected chi connectivity index (χ0v) is 20.9. The Hall–Kier alpha value is -3.39. The van der Waals surface area contributed by atoms with Crippen molar-refractivity contribution in [2.24, 2.45) is 0 Å². The molecule has 2 aliphatic heterocycles. The summed E-state index contributed by atoms with van der Waals surface area (Å²) in [6.07, 6.45) is 3.05. The summed E-state index contributed by atoms with van der Waals surface area (Å²) in [4.78, 5) is 42.6. The highest BCUT2D eigenvalue weighted by Crippen LogP contribution is 2.29. The van der Waals surface area contributed by atoms with Crippen molar-refractivity contribution in [3.05, 3.63) is 65.7 Å². The molecule has 8 heteroatoms. The van der Waals surface area contributed by atoms with Gasteiger partial charge in [-0.05, 0) is 56.4 Å². The van der Waals surface area contributed by atoms with E-state index in [-0.39, 0.29) is 37.4 Å². The Morgan fingerprint density at radius 2 is 1.78 bits per heavy atom. The fraction of sp³-hybridized carbons (Fsp3) is 0.464. The van der Waals surface area contributed by atoms with Crippen molar-refractivity contribution in [2.45, 2.75) is 38.2 Å². The fourth-order valence-electron chi connectivity index (χ4n) is 4.88. The molecule has 0 bridgehead atoms. The number of morpholine rings is 1. The number of amides is 3. The van der Waals surface area contributed by atoms with E-state index < -0.39 is 5.60 Å². The van der Waals surface area contributed by atoms with Crippen molar-refractivity contribution in [3.8, 4) is 5.75 Å². The van der Waals surface area contributed by atoms with Crippen LogP contribution < -0.4 is 10.1 Å². The third-order valence-electron chi connectivity index (χ3n) is 6.90. The molecule has 2 heterocycles. The number of para-hydroxylation sites is 1. The molecule has 192 valence electrons. The van der Waals surface area contributed by atoms with Crippen LogP contribution in [0.4, 0.5) is 0 Å². The van der Waals surface area contributed by atoms with Crippen molar-refractivity contribution < 1.29 is 23.9 Å². The minimum Gasteiger partial charge on any atom is -0.491 e. The molecule has 1 unspecified atom stereocenters. The standard InChI is InChI=1S/C28H35N3O5/c1-2-30-16-18-35-24-14-7-6-10-22(24)11-8-9-15-28(27(30)34)21-31(17-19-36-28)25(32)20-29-26(33)23-12-4-3-5-13-23/h3-7,10,12-14H,2,8-9,11,15-21H2,1H3,(H,29,33). The Balaban J connectivity index is 1.45. The van der Waals surface area contributed by atoms with Crippen LogP contribution >= 0.6 is 0 Å². The minimum absolute atomic E-state index is 0.103. The first kappa shape index (κ1) is 25.7. The number of rotatable bonds is 4. The van der Waals surface area contributed by atoms with Crippen molar-refractivity contribution in [1.29, 1.82) is 0 Å². The lowest BCUT2D eigenvalue weighted by molar-refractivity contribution is -0.176. The molecule has 1 N–H and O–H groups in total. The molecule has 2 aliphatic rings. The number of hydrogen-bond acceptors (Lipinski definition) is 5. The van der Waals surface area contributed by atoms with Crippen molar-refractivity contribution in [3.63, 3.8) is 0 Å². The second-order valence-corrected chi connectivity index (χ2v) is 9.25. The average molecular weight is 494 g/mol. The maximum atomic E-state index is 13.8. The Labute approximate surface area is 212 Å². The summed E-state index contributed by atoms with van der Waals surface area (Å²) in [5, 5.41) is 2.70. The summed E-state index contributed by atoms with van der Waals surface area (Å²) in [7, 11) is 0. The van der Waals surface area contributed by atoms with Crippen molar-refractivity contribution in [2.75, 3.05) is 45.9 Å². The van der Waals surface area contributed by atoms with Crippen LogP contribution in [-0.2, 0) is 20.7 Å². The molecular formula is C28H35N3O5. The normalized spacial score (nSPS) is 21.1. The van der Waals surface area contributed by atoms with Gasteiger partial charge in [0.15, 0.2) is 5.60 Å². The average Bonchev–Trinajstić information content (AvgIpc) is 2.92. The summed E-state index contributed by atoms with van der Waals surface area (Å²) in [5.74, 6) is 0.250. The zero-order valence-electron chi connectivity index (χ0n) is 20.9. The highest BCUT2D eigenvalue weighted by molar-refractivity contribution is 5.96. The lowest BCUT2D eigenvalue weighted by atomic mass is 9.91. The van der Waals surface area contributed by atoms with E-state index in [2.05, 4.69) is 11.4 Å². The van der Waals surface area contributed by atoms with E-state index >= 15 is 0 Å². The van der Waals surface area contributed by atoms with Gasteiger partial charge in [-0.15, -0.1) is 0 Å². The first-order chi connectivity index (χ1) is 17.5. The van der Waals surface area contributed by atoms with Crippen LogP contribution in [0.2, 0.25) is 0 Å². The molecule has 1 fully saturated rings. The molecule has 36 heavy (non-hydrogen) atoms. The minimum atomic E-state index is -1.09. The summed E-state index contributed by atoms with van der Waals surface area (Å²) in [6, 6.07) is 16.8. The molecule has 0 radical (unpaired) electrons. The molecule has 3 amide bonds. The lowest BCUT2D eigenvalue weighted by Gasteiger charge is -2.44. The van der Waals surface area contributed by atoms with E-state index in [1.807, 2.05) is 31.2 Å². The predicted molar refractivity (Wildman–Crippen MR) is 136 cm³/mol. The van der Waals surface area contributed by atoms with E-state index in [0.29, 0.717) is 38.2 Å². The Kier molecular flexibility index (Phi) is 8.59. The molecule has 0 aromatic heterocycles. The Morgan fingerprint density at radius 1 is 1.00 bits per heavy atom. The summed E-state index contributed by atoms with van der Waals surface area (Å²) in [6.45, 7) is 4.02. The molecule has 2 aromatic rings. The third kappa shape index (κ3) is 6.05. The van der Waals surface area contributed by atoms with Crippen molar-refractivity contribution in [1.82, 2.24) is 15.1 Å². The van der Waals surface area contributed by atoms with Gasteiger partial charge in [-0.2, -0.15) is 0 Å². The van der Waals surface area contributed by atoms with Crippen LogP contribution in [0.25, 0.3) is 0 Å².